The van der Waals surface area contributed by atoms with Crippen LogP contribution in [0, 0.1) is 0 Å². The number of nitrogen functional groups attached to an aromatic ring is 1. The monoisotopic (exact) mass is 372 g/mol. The number of hydrogen-bond donors (Lipinski definition) is 1. The maximum Gasteiger partial charge on any atom is 0.226 e. The molecule has 2 N–H and O–H groups in total. The van der Waals surface area contributed by atoms with Crippen LogP contribution in [0.2, 0.25) is 0 Å². The highest BCUT2D eigenvalue weighted by Gasteiger charge is 2.10. The number of fused-ring (bicyclic) bond motifs is 1. The molecule has 0 aliphatic heterocycles. The first-order chi connectivity index (χ1) is 13.6. The second kappa shape index (κ2) is 7.52. The summed E-state index contributed by atoms with van der Waals surface area (Å²) in [5.74, 6) is 1.31. The van der Waals surface area contributed by atoms with Crippen molar-refractivity contribution in [2.45, 2.75) is 12.8 Å². The predicted octanol–water partition coefficient (Wildman–Crippen LogP) is 3.34. The molecule has 2 heterocycles. The van der Waals surface area contributed by atoms with Crippen LogP contribution in [0.3, 0.4) is 0 Å². The van der Waals surface area contributed by atoms with E-state index in [1.807, 2.05) is 71.1 Å². The lowest BCUT2D eigenvalue weighted by Crippen LogP contribution is -2.06. The average Bonchev–Trinajstić information content (AvgIpc) is 3.10. The van der Waals surface area contributed by atoms with E-state index in [4.69, 9.17) is 10.5 Å². The first kappa shape index (κ1) is 17.7. The standard InChI is InChI=1S/C22H20N4O2/c1-28-19-11-7-16(8-12-19)14-18(27)13-15-5-9-17(10-6-15)20-3-2-4-21-24-25-22(23)26(20)21/h2-12H,13-14H2,1H3,(H2,23,25). The van der Waals surface area contributed by atoms with E-state index in [9.17, 15) is 4.79 Å². The third-order valence-corrected chi connectivity index (χ3v) is 4.66. The number of anilines is 1. The van der Waals surface area contributed by atoms with Gasteiger partial charge in [-0.3, -0.25) is 9.20 Å². The zero-order chi connectivity index (χ0) is 19.5. The SMILES string of the molecule is COc1ccc(CC(=O)Cc2ccc(-c3cccc4nnc(N)n34)cc2)cc1. The van der Waals surface area contributed by atoms with Crippen LogP contribution >= 0.6 is 0 Å². The minimum Gasteiger partial charge on any atom is -0.497 e. The topological polar surface area (TPSA) is 82.5 Å². The van der Waals surface area contributed by atoms with E-state index in [0.717, 1.165) is 28.1 Å². The van der Waals surface area contributed by atoms with Crippen LogP contribution < -0.4 is 10.5 Å². The Bertz CT molecular complexity index is 1120. The Kier molecular flexibility index (Phi) is 4.76. The number of ether oxygens (including phenoxy) is 1. The van der Waals surface area contributed by atoms with Gasteiger partial charge in [0.2, 0.25) is 5.95 Å². The number of carbonyl (C=O) groups excluding carboxylic acids is 1. The molecule has 2 aromatic heterocycles. The van der Waals surface area contributed by atoms with Gasteiger partial charge in [0.1, 0.15) is 11.5 Å². The minimum absolute atomic E-state index is 0.170. The summed E-state index contributed by atoms with van der Waals surface area (Å²) in [6.07, 6.45) is 0.799. The summed E-state index contributed by atoms with van der Waals surface area (Å²) in [7, 11) is 1.63. The highest BCUT2D eigenvalue weighted by molar-refractivity contribution is 5.83. The van der Waals surface area contributed by atoms with Gasteiger partial charge in [0, 0.05) is 12.8 Å². The fourth-order valence-electron chi connectivity index (χ4n) is 3.24. The van der Waals surface area contributed by atoms with Crippen LogP contribution in [0.25, 0.3) is 16.9 Å². The lowest BCUT2D eigenvalue weighted by atomic mass is 10.0. The second-order valence-corrected chi connectivity index (χ2v) is 6.60. The van der Waals surface area contributed by atoms with Crippen molar-refractivity contribution in [1.29, 1.82) is 0 Å². The van der Waals surface area contributed by atoms with E-state index in [1.54, 1.807) is 7.11 Å². The van der Waals surface area contributed by atoms with Gasteiger partial charge in [-0.05, 0) is 41.0 Å². The van der Waals surface area contributed by atoms with E-state index in [2.05, 4.69) is 10.2 Å². The molecule has 0 bridgehead atoms. The number of rotatable bonds is 6. The van der Waals surface area contributed by atoms with Crippen molar-refractivity contribution in [3.05, 3.63) is 77.9 Å². The maximum atomic E-state index is 12.4. The number of nitrogens with zero attached hydrogens (tertiary/aromatic N) is 3. The van der Waals surface area contributed by atoms with Crippen LogP contribution in [0.15, 0.2) is 66.7 Å². The average molecular weight is 372 g/mol. The summed E-state index contributed by atoms with van der Waals surface area (Å²) in [4.78, 5) is 12.4. The molecule has 0 atom stereocenters. The number of nitrogens with two attached hydrogens (primary N) is 1. The van der Waals surface area contributed by atoms with Crippen LogP contribution in [-0.2, 0) is 17.6 Å². The molecule has 28 heavy (non-hydrogen) atoms. The quantitative estimate of drug-likeness (QED) is 0.561. The molecule has 4 rings (SSSR count). The van der Waals surface area contributed by atoms with Gasteiger partial charge in [-0.1, -0.05) is 42.5 Å². The van der Waals surface area contributed by atoms with Gasteiger partial charge in [-0.15, -0.1) is 10.2 Å². The summed E-state index contributed by atoms with van der Waals surface area (Å²) in [6.45, 7) is 0. The smallest absolute Gasteiger partial charge is 0.226 e. The molecule has 6 nitrogen and oxygen atoms in total. The van der Waals surface area contributed by atoms with Crippen molar-refractivity contribution in [3.63, 3.8) is 0 Å². The van der Waals surface area contributed by atoms with Gasteiger partial charge >= 0.3 is 0 Å². The Hall–Kier alpha value is -3.67. The number of ketones is 1. The van der Waals surface area contributed by atoms with Gasteiger partial charge in [0.05, 0.1) is 12.8 Å². The first-order valence-electron chi connectivity index (χ1n) is 8.97. The minimum atomic E-state index is 0.170. The maximum absolute atomic E-state index is 12.4. The number of methoxy groups -OCH3 is 1. The molecule has 0 spiro atoms. The molecule has 6 heteroatoms. The van der Waals surface area contributed by atoms with Gasteiger partial charge in [-0.25, -0.2) is 0 Å². The number of carbonyl (C=O) groups is 1. The third kappa shape index (κ3) is 3.57. The zero-order valence-electron chi connectivity index (χ0n) is 15.5. The molecular formula is C22H20N4O2. The zero-order valence-corrected chi connectivity index (χ0v) is 15.5. The highest BCUT2D eigenvalue weighted by Crippen LogP contribution is 2.23. The van der Waals surface area contributed by atoms with E-state index in [0.29, 0.717) is 24.4 Å². The van der Waals surface area contributed by atoms with Gasteiger partial charge in [0.25, 0.3) is 0 Å². The Labute approximate surface area is 162 Å². The molecule has 4 aromatic rings. The summed E-state index contributed by atoms with van der Waals surface area (Å²) < 4.78 is 6.95. The van der Waals surface area contributed by atoms with Crippen molar-refractivity contribution < 1.29 is 9.53 Å². The molecule has 0 aliphatic carbocycles. The molecule has 0 unspecified atom stereocenters. The third-order valence-electron chi connectivity index (χ3n) is 4.66. The van der Waals surface area contributed by atoms with Crippen LogP contribution in [-0.4, -0.2) is 27.5 Å². The van der Waals surface area contributed by atoms with E-state index < -0.39 is 0 Å². The summed E-state index contributed by atoms with van der Waals surface area (Å²) in [6, 6.07) is 21.3. The van der Waals surface area contributed by atoms with Crippen LogP contribution in [0.1, 0.15) is 11.1 Å². The number of hydrogen-bond acceptors (Lipinski definition) is 5. The molecule has 140 valence electrons. The highest BCUT2D eigenvalue weighted by atomic mass is 16.5. The molecule has 0 fully saturated rings. The van der Waals surface area contributed by atoms with E-state index in [-0.39, 0.29) is 5.78 Å². The van der Waals surface area contributed by atoms with Crippen molar-refractivity contribution in [3.8, 4) is 17.0 Å². The largest absolute Gasteiger partial charge is 0.497 e. The molecule has 2 aromatic carbocycles. The summed E-state index contributed by atoms with van der Waals surface area (Å²) in [5.41, 5.74) is 10.5. The molecule has 0 amide bonds. The first-order valence-corrected chi connectivity index (χ1v) is 8.97. The Balaban J connectivity index is 1.48. The normalized spacial score (nSPS) is 10.9. The van der Waals surface area contributed by atoms with Crippen molar-refractivity contribution >= 4 is 17.4 Å². The second-order valence-electron chi connectivity index (χ2n) is 6.60. The number of pyridine rings is 1. The Morgan fingerprint density at radius 2 is 1.57 bits per heavy atom. The number of Topliss-reactive ketones (excluding diaryl/α,β-unsaturated/α-hetero) is 1. The van der Waals surface area contributed by atoms with Crippen LogP contribution in [0.4, 0.5) is 5.95 Å². The molecule has 0 saturated heterocycles. The van der Waals surface area contributed by atoms with E-state index in [1.165, 1.54) is 0 Å². The van der Waals surface area contributed by atoms with Gasteiger partial charge in [-0.2, -0.15) is 0 Å². The molecule has 0 aliphatic rings. The number of benzene rings is 2. The molecule has 0 saturated carbocycles. The summed E-state index contributed by atoms with van der Waals surface area (Å²) in [5, 5.41) is 7.98. The summed E-state index contributed by atoms with van der Waals surface area (Å²) >= 11 is 0. The molecular weight excluding hydrogens is 352 g/mol. The Morgan fingerprint density at radius 1 is 0.929 bits per heavy atom. The van der Waals surface area contributed by atoms with Crippen molar-refractivity contribution in [2.75, 3.05) is 12.8 Å². The van der Waals surface area contributed by atoms with Crippen molar-refractivity contribution in [2.24, 2.45) is 0 Å². The van der Waals surface area contributed by atoms with E-state index >= 15 is 0 Å². The predicted molar refractivity (Wildman–Crippen MR) is 108 cm³/mol. The number of aromatic nitrogens is 3. The lowest BCUT2D eigenvalue weighted by Gasteiger charge is -2.08. The van der Waals surface area contributed by atoms with Crippen LogP contribution in [0.5, 0.6) is 5.75 Å². The lowest BCUT2D eigenvalue weighted by molar-refractivity contribution is -0.117. The van der Waals surface area contributed by atoms with Crippen molar-refractivity contribution in [1.82, 2.24) is 14.6 Å². The molecule has 0 radical (unpaired) electrons. The van der Waals surface area contributed by atoms with Gasteiger partial charge < -0.3 is 10.5 Å². The Morgan fingerprint density at radius 3 is 2.21 bits per heavy atom. The fourth-order valence-corrected chi connectivity index (χ4v) is 3.24. The van der Waals surface area contributed by atoms with Gasteiger partial charge in [0.15, 0.2) is 5.65 Å². The fraction of sp³-hybridized carbons (Fsp3) is 0.136.